The molecule has 0 amide bonds. The van der Waals surface area contributed by atoms with Crippen LogP contribution in [-0.2, 0) is 6.42 Å². The molecule has 2 heterocycles. The second kappa shape index (κ2) is 5.65. The van der Waals surface area contributed by atoms with Crippen molar-refractivity contribution in [3.8, 4) is 0 Å². The molecule has 2 nitrogen and oxygen atoms in total. The first-order valence-electron chi connectivity index (χ1n) is 5.56. The number of thiophene rings is 1. The predicted molar refractivity (Wildman–Crippen MR) is 77.9 cm³/mol. The van der Waals surface area contributed by atoms with E-state index in [0.717, 1.165) is 23.3 Å². The number of hydrogen-bond acceptors (Lipinski definition) is 3. The third kappa shape index (κ3) is 3.30. The highest BCUT2D eigenvalue weighted by molar-refractivity contribution is 9.10. The summed E-state index contributed by atoms with van der Waals surface area (Å²) >= 11 is 5.24. The molecular weight excluding hydrogens is 296 g/mol. The lowest BCUT2D eigenvalue weighted by atomic mass is 10.2. The minimum absolute atomic E-state index is 0.927. The minimum atomic E-state index is 0.927. The largest absolute Gasteiger partial charge is 0.369 e. The molecule has 0 aliphatic rings. The van der Waals surface area contributed by atoms with Gasteiger partial charge < -0.3 is 5.32 Å². The fourth-order valence-corrected chi connectivity index (χ4v) is 3.04. The fraction of sp³-hybridized carbons (Fsp3) is 0.308. The van der Waals surface area contributed by atoms with Crippen LogP contribution in [0.5, 0.6) is 0 Å². The zero-order valence-electron chi connectivity index (χ0n) is 9.96. The van der Waals surface area contributed by atoms with Gasteiger partial charge in [0.15, 0.2) is 0 Å². The average molecular weight is 311 g/mol. The molecule has 0 saturated carbocycles. The van der Waals surface area contributed by atoms with E-state index in [4.69, 9.17) is 0 Å². The Labute approximate surface area is 114 Å². The van der Waals surface area contributed by atoms with Gasteiger partial charge in [0.2, 0.25) is 0 Å². The molecule has 0 spiro atoms. The van der Waals surface area contributed by atoms with Crippen LogP contribution in [0.3, 0.4) is 0 Å². The van der Waals surface area contributed by atoms with E-state index in [1.165, 1.54) is 16.0 Å². The monoisotopic (exact) mass is 310 g/mol. The number of pyridine rings is 1. The minimum Gasteiger partial charge on any atom is -0.369 e. The van der Waals surface area contributed by atoms with Crippen LogP contribution < -0.4 is 5.32 Å². The molecular formula is C13H15BrN2S. The normalized spacial score (nSPS) is 10.5. The molecule has 0 radical (unpaired) electrons. The van der Waals surface area contributed by atoms with Gasteiger partial charge in [-0.25, -0.2) is 4.98 Å². The molecule has 0 aliphatic carbocycles. The van der Waals surface area contributed by atoms with Crippen LogP contribution in [0.2, 0.25) is 0 Å². The molecule has 4 heteroatoms. The molecule has 0 aromatic carbocycles. The van der Waals surface area contributed by atoms with E-state index in [9.17, 15) is 0 Å². The van der Waals surface area contributed by atoms with Gasteiger partial charge in [0, 0.05) is 22.1 Å². The predicted octanol–water partition coefficient (Wildman–Crippen LogP) is 4.18. The van der Waals surface area contributed by atoms with Crippen molar-refractivity contribution in [2.24, 2.45) is 0 Å². The number of halogens is 1. The van der Waals surface area contributed by atoms with Gasteiger partial charge in [-0.15, -0.1) is 11.3 Å². The van der Waals surface area contributed by atoms with Crippen molar-refractivity contribution in [2.45, 2.75) is 20.3 Å². The molecule has 0 bridgehead atoms. The van der Waals surface area contributed by atoms with E-state index < -0.39 is 0 Å². The van der Waals surface area contributed by atoms with Gasteiger partial charge in [-0.1, -0.05) is 0 Å². The van der Waals surface area contributed by atoms with Gasteiger partial charge in [0.05, 0.1) is 0 Å². The number of aryl methyl sites for hydroxylation is 2. The summed E-state index contributed by atoms with van der Waals surface area (Å²) in [6.45, 7) is 5.16. The Morgan fingerprint density at radius 1 is 1.35 bits per heavy atom. The number of aromatic nitrogens is 1. The van der Waals surface area contributed by atoms with Crippen LogP contribution >= 0.6 is 27.3 Å². The van der Waals surface area contributed by atoms with Crippen LogP contribution in [0.4, 0.5) is 5.82 Å². The van der Waals surface area contributed by atoms with Crippen molar-refractivity contribution in [1.82, 2.24) is 4.98 Å². The molecule has 0 atom stereocenters. The first-order valence-corrected chi connectivity index (χ1v) is 7.23. The zero-order valence-corrected chi connectivity index (χ0v) is 12.4. The standard InChI is InChI=1S/C13H15BrN2S/c1-9-4-6-17-12(9)3-5-15-13-10(2)7-11(14)8-16-13/h4,6-8H,3,5H2,1-2H3,(H,15,16). The molecule has 1 N–H and O–H groups in total. The number of hydrogen-bond donors (Lipinski definition) is 1. The topological polar surface area (TPSA) is 24.9 Å². The zero-order chi connectivity index (χ0) is 12.3. The third-order valence-corrected chi connectivity index (χ3v) is 4.17. The summed E-state index contributed by atoms with van der Waals surface area (Å²) in [5, 5.41) is 5.53. The summed E-state index contributed by atoms with van der Waals surface area (Å²) in [7, 11) is 0. The van der Waals surface area contributed by atoms with Crippen LogP contribution in [0.15, 0.2) is 28.2 Å². The van der Waals surface area contributed by atoms with Gasteiger partial charge in [-0.2, -0.15) is 0 Å². The lowest BCUT2D eigenvalue weighted by molar-refractivity contribution is 1.01. The summed E-state index contributed by atoms with van der Waals surface area (Å²) < 4.78 is 1.02. The third-order valence-electron chi connectivity index (χ3n) is 2.66. The Hall–Kier alpha value is -0.870. The fourth-order valence-electron chi connectivity index (χ4n) is 1.68. The molecule has 0 aliphatic heterocycles. The Bertz CT molecular complexity index is 508. The number of rotatable bonds is 4. The molecule has 2 aromatic rings. The maximum absolute atomic E-state index is 4.36. The van der Waals surface area contributed by atoms with Crippen LogP contribution in [0.1, 0.15) is 16.0 Å². The number of anilines is 1. The first kappa shape index (κ1) is 12.6. The molecule has 90 valence electrons. The molecule has 2 aromatic heterocycles. The van der Waals surface area contributed by atoms with Crippen LogP contribution in [0, 0.1) is 13.8 Å². The van der Waals surface area contributed by atoms with E-state index in [1.54, 1.807) is 0 Å². The quantitative estimate of drug-likeness (QED) is 0.916. The lowest BCUT2D eigenvalue weighted by Gasteiger charge is -2.08. The molecule has 0 unspecified atom stereocenters. The highest BCUT2D eigenvalue weighted by Crippen LogP contribution is 2.18. The van der Waals surface area contributed by atoms with E-state index in [2.05, 4.69) is 57.6 Å². The van der Waals surface area contributed by atoms with Crippen LogP contribution in [0.25, 0.3) is 0 Å². The SMILES string of the molecule is Cc1cc(Br)cnc1NCCc1sccc1C. The molecule has 17 heavy (non-hydrogen) atoms. The van der Waals surface area contributed by atoms with Crippen molar-refractivity contribution in [3.05, 3.63) is 44.2 Å². The second-order valence-electron chi connectivity index (χ2n) is 4.02. The van der Waals surface area contributed by atoms with Crippen molar-refractivity contribution in [1.29, 1.82) is 0 Å². The van der Waals surface area contributed by atoms with Gasteiger partial charge >= 0.3 is 0 Å². The van der Waals surface area contributed by atoms with Gasteiger partial charge in [0.1, 0.15) is 5.82 Å². The van der Waals surface area contributed by atoms with Gasteiger partial charge in [0.25, 0.3) is 0 Å². The summed E-state index contributed by atoms with van der Waals surface area (Å²) in [6, 6.07) is 4.24. The van der Waals surface area contributed by atoms with Crippen LogP contribution in [-0.4, -0.2) is 11.5 Å². The van der Waals surface area contributed by atoms with Crippen molar-refractivity contribution < 1.29 is 0 Å². The Morgan fingerprint density at radius 2 is 2.18 bits per heavy atom. The first-order chi connectivity index (χ1) is 8.16. The van der Waals surface area contributed by atoms with E-state index in [-0.39, 0.29) is 0 Å². The van der Waals surface area contributed by atoms with E-state index >= 15 is 0 Å². The highest BCUT2D eigenvalue weighted by Gasteiger charge is 2.02. The Morgan fingerprint density at radius 3 is 2.82 bits per heavy atom. The van der Waals surface area contributed by atoms with E-state index in [1.807, 2.05) is 17.5 Å². The molecule has 2 rings (SSSR count). The van der Waals surface area contributed by atoms with Gasteiger partial charge in [-0.3, -0.25) is 0 Å². The Balaban J connectivity index is 1.92. The maximum atomic E-state index is 4.36. The second-order valence-corrected chi connectivity index (χ2v) is 5.94. The lowest BCUT2D eigenvalue weighted by Crippen LogP contribution is -2.07. The average Bonchev–Trinajstić information content (AvgIpc) is 2.68. The maximum Gasteiger partial charge on any atom is 0.128 e. The summed E-state index contributed by atoms with van der Waals surface area (Å²) in [6.07, 6.45) is 2.88. The Kier molecular flexibility index (Phi) is 4.18. The summed E-state index contributed by atoms with van der Waals surface area (Å²) in [5.41, 5.74) is 2.56. The number of nitrogens with one attached hydrogen (secondary N) is 1. The highest BCUT2D eigenvalue weighted by atomic mass is 79.9. The number of nitrogens with zero attached hydrogens (tertiary/aromatic N) is 1. The molecule has 0 fully saturated rings. The summed E-state index contributed by atoms with van der Waals surface area (Å²) in [4.78, 5) is 5.82. The molecule has 0 saturated heterocycles. The smallest absolute Gasteiger partial charge is 0.128 e. The van der Waals surface area contributed by atoms with Crippen molar-refractivity contribution in [3.63, 3.8) is 0 Å². The summed E-state index contributed by atoms with van der Waals surface area (Å²) in [5.74, 6) is 0.974. The van der Waals surface area contributed by atoms with Crippen molar-refractivity contribution >= 4 is 33.1 Å². The van der Waals surface area contributed by atoms with Gasteiger partial charge in [-0.05, 0) is 64.8 Å². The van der Waals surface area contributed by atoms with E-state index in [0.29, 0.717) is 0 Å². The van der Waals surface area contributed by atoms with Crippen molar-refractivity contribution in [2.75, 3.05) is 11.9 Å².